The SMILES string of the molecule is Cc1ccc(-c2cc(-c3ccccc3)cc(-c3ccccc3)[s+]2)cc1. The third-order valence-corrected chi connectivity index (χ3v) is 5.44. The van der Waals surface area contributed by atoms with Crippen molar-refractivity contribution in [1.82, 2.24) is 0 Å². The standard InChI is InChI=1S/C24H19S/c1-18-12-14-21(15-13-18)24-17-22(19-8-4-2-5-9-19)16-23(25-24)20-10-6-3-7-11-20/h2-17H,1H3/q+1. The third kappa shape index (κ3) is 3.52. The van der Waals surface area contributed by atoms with E-state index in [0.717, 1.165) is 0 Å². The smallest absolute Gasteiger partial charge is 0.0622 e. The molecule has 120 valence electrons. The van der Waals surface area contributed by atoms with Crippen LogP contribution in [0.1, 0.15) is 5.56 Å². The Bertz CT molecular complexity index is 914. The Balaban J connectivity index is 1.90. The lowest BCUT2D eigenvalue weighted by atomic mass is 10.0. The molecular weight excluding hydrogens is 320 g/mol. The monoisotopic (exact) mass is 339 g/mol. The molecule has 1 aromatic heterocycles. The van der Waals surface area contributed by atoms with Crippen molar-refractivity contribution >= 4 is 11.3 Å². The summed E-state index contributed by atoms with van der Waals surface area (Å²) in [5, 5.41) is 0. The fourth-order valence-electron chi connectivity index (χ4n) is 2.90. The van der Waals surface area contributed by atoms with Gasteiger partial charge in [0.25, 0.3) is 0 Å². The Labute approximate surface area is 153 Å². The summed E-state index contributed by atoms with van der Waals surface area (Å²) < 4.78 is 0. The third-order valence-electron chi connectivity index (χ3n) is 4.29. The van der Waals surface area contributed by atoms with Crippen LogP contribution in [0.3, 0.4) is 0 Å². The summed E-state index contributed by atoms with van der Waals surface area (Å²) in [7, 11) is 0. The van der Waals surface area contributed by atoms with Gasteiger partial charge in [0, 0.05) is 23.3 Å². The minimum atomic E-state index is 1.25. The first kappa shape index (κ1) is 15.7. The molecule has 0 spiro atoms. The lowest BCUT2D eigenvalue weighted by Gasteiger charge is -2.03. The molecule has 0 N–H and O–H groups in total. The fraction of sp³-hybridized carbons (Fsp3) is 0.0417. The van der Waals surface area contributed by atoms with Gasteiger partial charge in [-0.05, 0) is 42.3 Å². The van der Waals surface area contributed by atoms with E-state index in [1.165, 1.54) is 37.6 Å². The summed E-state index contributed by atoms with van der Waals surface area (Å²) in [6, 6.07) is 34.6. The molecule has 1 heteroatoms. The van der Waals surface area contributed by atoms with Crippen molar-refractivity contribution in [1.29, 1.82) is 0 Å². The lowest BCUT2D eigenvalue weighted by Crippen LogP contribution is -1.83. The summed E-state index contributed by atoms with van der Waals surface area (Å²) in [6.45, 7) is 2.13. The lowest BCUT2D eigenvalue weighted by molar-refractivity contribution is 1.48. The molecule has 0 nitrogen and oxygen atoms in total. The Morgan fingerprint density at radius 1 is 0.480 bits per heavy atom. The van der Waals surface area contributed by atoms with E-state index in [0.29, 0.717) is 0 Å². The van der Waals surface area contributed by atoms with Gasteiger partial charge in [-0.1, -0.05) is 66.2 Å². The van der Waals surface area contributed by atoms with Crippen LogP contribution in [0.4, 0.5) is 0 Å². The molecule has 0 fully saturated rings. The van der Waals surface area contributed by atoms with Gasteiger partial charge in [-0.2, -0.15) is 0 Å². The zero-order valence-electron chi connectivity index (χ0n) is 14.1. The van der Waals surface area contributed by atoms with Gasteiger partial charge >= 0.3 is 0 Å². The average Bonchev–Trinajstić information content (AvgIpc) is 2.69. The molecule has 0 saturated carbocycles. The summed E-state index contributed by atoms with van der Waals surface area (Å²) in [6.07, 6.45) is 0. The van der Waals surface area contributed by atoms with Crippen LogP contribution in [-0.2, 0) is 0 Å². The Morgan fingerprint density at radius 2 is 0.960 bits per heavy atom. The molecular formula is C24H19S+. The van der Waals surface area contributed by atoms with Crippen LogP contribution in [0.2, 0.25) is 0 Å². The maximum absolute atomic E-state index is 2.30. The van der Waals surface area contributed by atoms with Crippen molar-refractivity contribution in [3.8, 4) is 32.0 Å². The zero-order valence-corrected chi connectivity index (χ0v) is 15.0. The topological polar surface area (TPSA) is 0 Å². The molecule has 0 bridgehead atoms. The maximum atomic E-state index is 2.30. The van der Waals surface area contributed by atoms with Crippen LogP contribution in [0.25, 0.3) is 32.0 Å². The van der Waals surface area contributed by atoms with Crippen molar-refractivity contribution in [3.63, 3.8) is 0 Å². The van der Waals surface area contributed by atoms with E-state index >= 15 is 0 Å². The van der Waals surface area contributed by atoms with E-state index in [-0.39, 0.29) is 0 Å². The highest BCUT2D eigenvalue weighted by Gasteiger charge is 2.18. The van der Waals surface area contributed by atoms with Crippen LogP contribution in [-0.4, -0.2) is 0 Å². The first-order valence-electron chi connectivity index (χ1n) is 8.46. The van der Waals surface area contributed by atoms with Crippen molar-refractivity contribution in [3.05, 3.63) is 103 Å². The molecule has 0 unspecified atom stereocenters. The predicted octanol–water partition coefficient (Wildman–Crippen LogP) is 7.34. The van der Waals surface area contributed by atoms with Gasteiger partial charge in [-0.3, -0.25) is 0 Å². The molecule has 0 saturated heterocycles. The minimum Gasteiger partial charge on any atom is -0.0622 e. The number of rotatable bonds is 3. The van der Waals surface area contributed by atoms with Gasteiger partial charge in [-0.15, -0.1) is 0 Å². The molecule has 0 aliphatic rings. The zero-order chi connectivity index (χ0) is 17.1. The van der Waals surface area contributed by atoms with Gasteiger partial charge in [0.1, 0.15) is 0 Å². The first-order chi connectivity index (χ1) is 12.3. The predicted molar refractivity (Wildman–Crippen MR) is 110 cm³/mol. The van der Waals surface area contributed by atoms with E-state index < -0.39 is 0 Å². The molecule has 3 aromatic carbocycles. The van der Waals surface area contributed by atoms with E-state index in [1.807, 2.05) is 11.3 Å². The second kappa shape index (κ2) is 7.00. The van der Waals surface area contributed by atoms with Crippen molar-refractivity contribution in [2.75, 3.05) is 0 Å². The van der Waals surface area contributed by atoms with Crippen LogP contribution in [0.5, 0.6) is 0 Å². The number of hydrogen-bond acceptors (Lipinski definition) is 0. The summed E-state index contributed by atoms with van der Waals surface area (Å²) in [5.41, 5.74) is 6.33. The van der Waals surface area contributed by atoms with Crippen molar-refractivity contribution in [2.45, 2.75) is 6.92 Å². The second-order valence-electron chi connectivity index (χ2n) is 6.17. The average molecular weight is 339 g/mol. The van der Waals surface area contributed by atoms with Crippen LogP contribution in [0.15, 0.2) is 97.1 Å². The molecule has 1 heterocycles. The van der Waals surface area contributed by atoms with Gasteiger partial charge in [0.2, 0.25) is 21.1 Å². The Morgan fingerprint density at radius 3 is 1.52 bits per heavy atom. The van der Waals surface area contributed by atoms with Gasteiger partial charge in [0.15, 0.2) is 0 Å². The summed E-state index contributed by atoms with van der Waals surface area (Å²) in [4.78, 5) is 2.58. The molecule has 0 aliphatic carbocycles. The van der Waals surface area contributed by atoms with E-state index in [1.54, 1.807) is 0 Å². The molecule has 25 heavy (non-hydrogen) atoms. The fourth-order valence-corrected chi connectivity index (χ4v) is 4.02. The van der Waals surface area contributed by atoms with Crippen LogP contribution >= 0.6 is 11.3 Å². The molecule has 4 aromatic rings. The highest BCUT2D eigenvalue weighted by Crippen LogP contribution is 2.37. The normalized spacial score (nSPS) is 10.6. The molecule has 0 amide bonds. The van der Waals surface area contributed by atoms with Gasteiger partial charge in [-0.25, -0.2) is 0 Å². The quantitative estimate of drug-likeness (QED) is 0.343. The second-order valence-corrected chi connectivity index (χ2v) is 7.26. The Hall–Kier alpha value is -2.77. The van der Waals surface area contributed by atoms with E-state index in [9.17, 15) is 0 Å². The number of benzene rings is 3. The molecule has 0 aliphatic heterocycles. The summed E-state index contributed by atoms with van der Waals surface area (Å²) >= 11 is 1.84. The first-order valence-corrected chi connectivity index (χ1v) is 9.27. The van der Waals surface area contributed by atoms with Crippen molar-refractivity contribution in [2.24, 2.45) is 0 Å². The Kier molecular flexibility index (Phi) is 4.41. The maximum Gasteiger partial charge on any atom is 0.239 e. The van der Waals surface area contributed by atoms with Crippen LogP contribution < -0.4 is 0 Å². The molecule has 4 rings (SSSR count). The summed E-state index contributed by atoms with van der Waals surface area (Å²) in [5.74, 6) is 0. The molecule has 0 radical (unpaired) electrons. The largest absolute Gasteiger partial charge is 0.239 e. The highest BCUT2D eigenvalue weighted by atomic mass is 32.1. The van der Waals surface area contributed by atoms with Gasteiger partial charge < -0.3 is 0 Å². The van der Waals surface area contributed by atoms with Crippen LogP contribution in [0, 0.1) is 6.92 Å². The highest BCUT2D eigenvalue weighted by molar-refractivity contribution is 7.18. The minimum absolute atomic E-state index is 1.25. The number of aryl methyl sites for hydroxylation is 1. The number of hydrogen-bond donors (Lipinski definition) is 0. The van der Waals surface area contributed by atoms with E-state index in [2.05, 4.69) is 104 Å². The van der Waals surface area contributed by atoms with Gasteiger partial charge in [0.05, 0.1) is 0 Å². The van der Waals surface area contributed by atoms with Crippen molar-refractivity contribution < 1.29 is 0 Å². The molecule has 0 atom stereocenters. The van der Waals surface area contributed by atoms with E-state index in [4.69, 9.17) is 0 Å².